The molecule has 0 aliphatic carbocycles. The van der Waals surface area contributed by atoms with Gasteiger partial charge in [-0.05, 0) is 24.4 Å². The molecule has 1 aliphatic rings. The number of piperazine rings is 1. The molecule has 2 heterocycles. The molecule has 0 radical (unpaired) electrons. The number of hydrogen-bond donors (Lipinski definition) is 2. The number of aromatic amines is 1. The van der Waals surface area contributed by atoms with E-state index in [1.54, 1.807) is 0 Å². The van der Waals surface area contributed by atoms with E-state index in [2.05, 4.69) is 28.2 Å². The predicted molar refractivity (Wildman–Crippen MR) is 74.2 cm³/mol. The molecule has 0 spiro atoms. The van der Waals surface area contributed by atoms with Crippen molar-refractivity contribution < 1.29 is 0 Å². The van der Waals surface area contributed by atoms with Crippen LogP contribution in [0, 0.1) is 0 Å². The number of hydrogen-bond acceptors (Lipinski definition) is 3. The van der Waals surface area contributed by atoms with E-state index in [9.17, 15) is 4.79 Å². The van der Waals surface area contributed by atoms with Gasteiger partial charge in [0.05, 0.1) is 0 Å². The number of benzene rings is 1. The first kappa shape index (κ1) is 11.3. The lowest BCUT2D eigenvalue weighted by Crippen LogP contribution is -2.49. The number of anilines is 1. The van der Waals surface area contributed by atoms with Crippen molar-refractivity contribution >= 4 is 16.6 Å². The normalized spacial score (nSPS) is 20.3. The summed E-state index contributed by atoms with van der Waals surface area (Å²) in [5.41, 5.74) is -0.00529. The summed E-state index contributed by atoms with van der Waals surface area (Å²) in [5.74, 6) is 0.923. The van der Waals surface area contributed by atoms with Gasteiger partial charge in [-0.2, -0.15) is 0 Å². The van der Waals surface area contributed by atoms with Crippen LogP contribution >= 0.6 is 0 Å². The maximum atomic E-state index is 12.0. The van der Waals surface area contributed by atoms with Gasteiger partial charge in [0.25, 0.3) is 5.56 Å². The minimum Gasteiger partial charge on any atom is -0.355 e. The summed E-state index contributed by atoms with van der Waals surface area (Å²) in [6.07, 6.45) is 0. The fourth-order valence-corrected chi connectivity index (χ4v) is 2.52. The molecule has 2 N–H and O–H groups in total. The minimum absolute atomic E-state index is 0.00529. The molecule has 4 heteroatoms. The molecule has 1 aromatic carbocycles. The highest BCUT2D eigenvalue weighted by atomic mass is 16.1. The molecule has 0 bridgehead atoms. The zero-order valence-corrected chi connectivity index (χ0v) is 10.4. The number of pyridine rings is 1. The maximum Gasteiger partial charge on any atom is 0.257 e. The minimum atomic E-state index is -0.00529. The molecule has 1 aromatic heterocycles. The first-order valence-corrected chi connectivity index (χ1v) is 6.34. The smallest absolute Gasteiger partial charge is 0.257 e. The molecule has 0 saturated carbocycles. The molecule has 1 fully saturated rings. The number of fused-ring (bicyclic) bond motifs is 1. The second kappa shape index (κ2) is 4.46. The Morgan fingerprint density at radius 3 is 3.00 bits per heavy atom. The second-order valence-electron chi connectivity index (χ2n) is 4.87. The van der Waals surface area contributed by atoms with Crippen molar-refractivity contribution in [2.45, 2.75) is 13.0 Å². The lowest BCUT2D eigenvalue weighted by molar-refractivity contribution is 0.482. The Kier molecular flexibility index (Phi) is 2.80. The molecule has 4 nitrogen and oxygen atoms in total. The standard InChI is InChI=1S/C14H17N3O/c1-10-9-17(7-6-15-10)13-8-11-4-2-3-5-12(11)14(18)16-13/h2-5,8,10,15H,6-7,9H2,1H3,(H,16,18). The lowest BCUT2D eigenvalue weighted by Gasteiger charge is -2.33. The molecule has 94 valence electrons. The SMILES string of the molecule is CC1CN(c2cc3ccccc3c(=O)[nH]2)CCN1. The van der Waals surface area contributed by atoms with Crippen molar-refractivity contribution in [1.82, 2.24) is 10.3 Å². The predicted octanol–water partition coefficient (Wildman–Crippen LogP) is 1.33. The van der Waals surface area contributed by atoms with E-state index >= 15 is 0 Å². The van der Waals surface area contributed by atoms with E-state index in [1.807, 2.05) is 24.3 Å². The average molecular weight is 243 g/mol. The van der Waals surface area contributed by atoms with Crippen LogP contribution < -0.4 is 15.8 Å². The molecular weight excluding hydrogens is 226 g/mol. The van der Waals surface area contributed by atoms with Crippen LogP contribution in [0.3, 0.4) is 0 Å². The van der Waals surface area contributed by atoms with Gasteiger partial charge in [0.1, 0.15) is 5.82 Å². The van der Waals surface area contributed by atoms with Crippen LogP contribution in [0.2, 0.25) is 0 Å². The van der Waals surface area contributed by atoms with Crippen LogP contribution in [0.5, 0.6) is 0 Å². The monoisotopic (exact) mass is 243 g/mol. The summed E-state index contributed by atoms with van der Waals surface area (Å²) in [4.78, 5) is 17.2. The van der Waals surface area contributed by atoms with Crippen LogP contribution in [0.4, 0.5) is 5.82 Å². The first-order valence-electron chi connectivity index (χ1n) is 6.34. The van der Waals surface area contributed by atoms with E-state index in [0.29, 0.717) is 6.04 Å². The zero-order valence-electron chi connectivity index (χ0n) is 10.4. The molecule has 3 rings (SSSR count). The van der Waals surface area contributed by atoms with Gasteiger partial charge in [-0.1, -0.05) is 18.2 Å². The summed E-state index contributed by atoms with van der Waals surface area (Å²) < 4.78 is 0. The number of rotatable bonds is 1. The average Bonchev–Trinajstić information content (AvgIpc) is 2.39. The van der Waals surface area contributed by atoms with Crippen molar-refractivity contribution in [2.75, 3.05) is 24.5 Å². The van der Waals surface area contributed by atoms with E-state index < -0.39 is 0 Å². The Labute approximate surface area is 106 Å². The van der Waals surface area contributed by atoms with Crippen LogP contribution in [0.25, 0.3) is 10.8 Å². The Bertz CT molecular complexity index is 620. The van der Waals surface area contributed by atoms with Crippen LogP contribution in [0.15, 0.2) is 35.1 Å². The van der Waals surface area contributed by atoms with Gasteiger partial charge in [0.2, 0.25) is 0 Å². The Balaban J connectivity index is 2.04. The molecule has 1 aliphatic heterocycles. The van der Waals surface area contributed by atoms with Gasteiger partial charge in [0, 0.05) is 31.1 Å². The summed E-state index contributed by atoms with van der Waals surface area (Å²) in [6.45, 7) is 4.97. The van der Waals surface area contributed by atoms with Gasteiger partial charge < -0.3 is 15.2 Å². The van der Waals surface area contributed by atoms with Crippen molar-refractivity contribution in [3.8, 4) is 0 Å². The molecule has 1 atom stereocenters. The molecule has 18 heavy (non-hydrogen) atoms. The number of aromatic nitrogens is 1. The molecule has 1 saturated heterocycles. The van der Waals surface area contributed by atoms with Gasteiger partial charge in [-0.25, -0.2) is 0 Å². The van der Waals surface area contributed by atoms with Gasteiger partial charge in [0.15, 0.2) is 0 Å². The quantitative estimate of drug-likeness (QED) is 0.794. The highest BCUT2D eigenvalue weighted by Gasteiger charge is 2.17. The summed E-state index contributed by atoms with van der Waals surface area (Å²) in [5, 5.41) is 5.16. The Morgan fingerprint density at radius 2 is 2.17 bits per heavy atom. The topological polar surface area (TPSA) is 48.1 Å². The fourth-order valence-electron chi connectivity index (χ4n) is 2.52. The number of nitrogens with one attached hydrogen (secondary N) is 2. The molecule has 0 amide bonds. The second-order valence-corrected chi connectivity index (χ2v) is 4.87. The highest BCUT2D eigenvalue weighted by molar-refractivity contribution is 5.83. The summed E-state index contributed by atoms with van der Waals surface area (Å²) in [6, 6.07) is 10.2. The third-order valence-corrected chi connectivity index (χ3v) is 3.45. The lowest BCUT2D eigenvalue weighted by atomic mass is 10.1. The third-order valence-electron chi connectivity index (χ3n) is 3.45. The Morgan fingerprint density at radius 1 is 1.33 bits per heavy atom. The fraction of sp³-hybridized carbons (Fsp3) is 0.357. The van der Waals surface area contributed by atoms with Crippen LogP contribution in [-0.2, 0) is 0 Å². The van der Waals surface area contributed by atoms with Crippen molar-refractivity contribution in [3.63, 3.8) is 0 Å². The van der Waals surface area contributed by atoms with E-state index in [0.717, 1.165) is 36.2 Å². The molecule has 1 unspecified atom stereocenters. The van der Waals surface area contributed by atoms with Crippen molar-refractivity contribution in [2.24, 2.45) is 0 Å². The third kappa shape index (κ3) is 1.99. The van der Waals surface area contributed by atoms with Crippen LogP contribution in [-0.4, -0.2) is 30.7 Å². The Hall–Kier alpha value is -1.81. The van der Waals surface area contributed by atoms with Crippen molar-refractivity contribution in [3.05, 3.63) is 40.7 Å². The maximum absolute atomic E-state index is 12.0. The van der Waals surface area contributed by atoms with E-state index in [1.165, 1.54) is 0 Å². The zero-order chi connectivity index (χ0) is 12.5. The van der Waals surface area contributed by atoms with Crippen LogP contribution in [0.1, 0.15) is 6.92 Å². The first-order chi connectivity index (χ1) is 8.74. The van der Waals surface area contributed by atoms with E-state index in [4.69, 9.17) is 0 Å². The summed E-state index contributed by atoms with van der Waals surface area (Å²) >= 11 is 0. The van der Waals surface area contributed by atoms with Gasteiger partial charge in [-0.15, -0.1) is 0 Å². The van der Waals surface area contributed by atoms with E-state index in [-0.39, 0.29) is 5.56 Å². The largest absolute Gasteiger partial charge is 0.355 e. The highest BCUT2D eigenvalue weighted by Crippen LogP contribution is 2.17. The van der Waals surface area contributed by atoms with Gasteiger partial charge >= 0.3 is 0 Å². The summed E-state index contributed by atoms with van der Waals surface area (Å²) in [7, 11) is 0. The van der Waals surface area contributed by atoms with Crippen molar-refractivity contribution in [1.29, 1.82) is 0 Å². The van der Waals surface area contributed by atoms with Gasteiger partial charge in [-0.3, -0.25) is 4.79 Å². The number of H-pyrrole nitrogens is 1. The number of nitrogens with zero attached hydrogens (tertiary/aromatic N) is 1. The molecule has 2 aromatic rings. The molecular formula is C14H17N3O.